The predicted octanol–water partition coefficient (Wildman–Crippen LogP) is 4.64. The van der Waals surface area contributed by atoms with Crippen molar-refractivity contribution >= 4 is 15.9 Å². The van der Waals surface area contributed by atoms with Crippen molar-refractivity contribution in [1.29, 1.82) is 0 Å². The summed E-state index contributed by atoms with van der Waals surface area (Å²) in [6, 6.07) is 4.75. The topological polar surface area (TPSA) is 0 Å². The normalized spacial score (nSPS) is 14.2. The Bertz CT molecular complexity index is 376. The quantitative estimate of drug-likeness (QED) is 0.563. The molecule has 0 aliphatic carbocycles. The Labute approximate surface area is 99.8 Å². The minimum atomic E-state index is -4.07. The molecule has 0 saturated carbocycles. The highest BCUT2D eigenvalue weighted by Crippen LogP contribution is 2.43. The van der Waals surface area contributed by atoms with Crippen LogP contribution in [0.25, 0.3) is 0 Å². The summed E-state index contributed by atoms with van der Waals surface area (Å²) in [6.45, 7) is 3.43. The highest BCUT2D eigenvalue weighted by atomic mass is 79.9. The van der Waals surface area contributed by atoms with E-state index in [2.05, 4.69) is 15.9 Å². The largest absolute Gasteiger partial charge is 0.323 e. The smallest absolute Gasteiger partial charge is 0.204 e. The number of halogens is 5. The molecule has 0 aliphatic rings. The monoisotopic (exact) mass is 298 g/mol. The summed E-state index contributed by atoms with van der Waals surface area (Å²) in [5.41, 5.74) is 1.67. The van der Waals surface area contributed by atoms with Gasteiger partial charge in [0.15, 0.2) is 0 Å². The fourth-order valence-electron chi connectivity index (χ4n) is 1.43. The first-order chi connectivity index (χ1) is 7.26. The Kier molecular flexibility index (Phi) is 3.99. The van der Waals surface area contributed by atoms with E-state index in [1.807, 2.05) is 6.92 Å². The summed E-state index contributed by atoms with van der Waals surface area (Å²) in [5.74, 6) is -4.07. The van der Waals surface area contributed by atoms with Gasteiger partial charge in [-0.05, 0) is 25.0 Å². The average molecular weight is 299 g/mol. The molecule has 0 amide bonds. The Morgan fingerprint density at radius 1 is 1.19 bits per heavy atom. The van der Waals surface area contributed by atoms with E-state index in [-0.39, 0.29) is 5.56 Å². The Morgan fingerprint density at radius 3 is 2.19 bits per heavy atom. The third-order valence-electron chi connectivity index (χ3n) is 2.33. The minimum absolute atomic E-state index is 0.191. The molecule has 0 fully saturated rings. The van der Waals surface area contributed by atoms with E-state index in [9.17, 15) is 17.6 Å². The number of alkyl halides is 5. The molecule has 0 aromatic heterocycles. The SMILES string of the molecule is Cc1ccc(C(Br)C(F)(F)C(F)F)c(C)c1. The van der Waals surface area contributed by atoms with Crippen LogP contribution in [-0.4, -0.2) is 12.3 Å². The molecule has 5 heteroatoms. The molecule has 1 atom stereocenters. The maximum Gasteiger partial charge on any atom is 0.323 e. The third kappa shape index (κ3) is 2.56. The average Bonchev–Trinajstić information content (AvgIpc) is 2.16. The van der Waals surface area contributed by atoms with E-state index >= 15 is 0 Å². The minimum Gasteiger partial charge on any atom is -0.204 e. The molecule has 0 aliphatic heterocycles. The summed E-state index contributed by atoms with van der Waals surface area (Å²) in [5, 5.41) is 0. The van der Waals surface area contributed by atoms with Gasteiger partial charge < -0.3 is 0 Å². The molecular weight excluding hydrogens is 288 g/mol. The maximum absolute atomic E-state index is 13.1. The van der Waals surface area contributed by atoms with Crippen molar-refractivity contribution < 1.29 is 17.6 Å². The van der Waals surface area contributed by atoms with E-state index in [0.29, 0.717) is 5.56 Å². The Hall–Kier alpha value is -0.580. The Morgan fingerprint density at radius 2 is 1.75 bits per heavy atom. The zero-order valence-corrected chi connectivity index (χ0v) is 10.4. The van der Waals surface area contributed by atoms with Crippen LogP contribution in [-0.2, 0) is 0 Å². The fourth-order valence-corrected chi connectivity index (χ4v) is 2.14. The van der Waals surface area contributed by atoms with Gasteiger partial charge in [-0.15, -0.1) is 0 Å². The zero-order valence-electron chi connectivity index (χ0n) is 8.78. The Balaban J connectivity index is 3.10. The number of rotatable bonds is 3. The zero-order chi connectivity index (χ0) is 12.5. The molecular formula is C11H11BrF4. The van der Waals surface area contributed by atoms with E-state index in [1.165, 1.54) is 6.07 Å². The lowest BCUT2D eigenvalue weighted by Gasteiger charge is -2.23. The van der Waals surface area contributed by atoms with Gasteiger partial charge in [0.25, 0.3) is 0 Å². The van der Waals surface area contributed by atoms with E-state index < -0.39 is 17.2 Å². The van der Waals surface area contributed by atoms with Gasteiger partial charge in [0.2, 0.25) is 0 Å². The van der Waals surface area contributed by atoms with Gasteiger partial charge in [-0.25, -0.2) is 8.78 Å². The molecule has 0 nitrogen and oxygen atoms in total. The van der Waals surface area contributed by atoms with Crippen LogP contribution in [0.3, 0.4) is 0 Å². The predicted molar refractivity (Wildman–Crippen MR) is 58.5 cm³/mol. The second kappa shape index (κ2) is 4.73. The van der Waals surface area contributed by atoms with Gasteiger partial charge in [0.1, 0.15) is 4.83 Å². The standard InChI is InChI=1S/C11H11BrF4/c1-6-3-4-8(7(2)5-6)9(12)11(15,16)10(13)14/h3-5,9-10H,1-2H3. The summed E-state index contributed by atoms with van der Waals surface area (Å²) in [4.78, 5) is -1.67. The second-order valence-corrected chi connectivity index (χ2v) is 4.61. The summed E-state index contributed by atoms with van der Waals surface area (Å²) in [6.07, 6.45) is -3.68. The molecule has 1 aromatic carbocycles. The van der Waals surface area contributed by atoms with Crippen molar-refractivity contribution in [3.05, 3.63) is 34.9 Å². The molecule has 1 aromatic rings. The van der Waals surface area contributed by atoms with Crippen molar-refractivity contribution in [1.82, 2.24) is 0 Å². The highest BCUT2D eigenvalue weighted by molar-refractivity contribution is 9.09. The molecule has 0 heterocycles. The van der Waals surface area contributed by atoms with Gasteiger partial charge in [-0.3, -0.25) is 0 Å². The highest BCUT2D eigenvalue weighted by Gasteiger charge is 2.48. The molecule has 90 valence electrons. The van der Waals surface area contributed by atoms with E-state index in [1.54, 1.807) is 19.1 Å². The lowest BCUT2D eigenvalue weighted by molar-refractivity contribution is -0.127. The molecule has 0 bridgehead atoms. The van der Waals surface area contributed by atoms with Gasteiger partial charge in [0.05, 0.1) is 0 Å². The first-order valence-electron chi connectivity index (χ1n) is 4.64. The van der Waals surface area contributed by atoms with E-state index in [4.69, 9.17) is 0 Å². The number of hydrogen-bond donors (Lipinski definition) is 0. The van der Waals surface area contributed by atoms with Crippen molar-refractivity contribution in [2.75, 3.05) is 0 Å². The first kappa shape index (κ1) is 13.5. The van der Waals surface area contributed by atoms with Gasteiger partial charge in [-0.1, -0.05) is 39.7 Å². The molecule has 1 rings (SSSR count). The van der Waals surface area contributed by atoms with Gasteiger partial charge >= 0.3 is 12.3 Å². The first-order valence-corrected chi connectivity index (χ1v) is 5.55. The fraction of sp³-hybridized carbons (Fsp3) is 0.455. The molecule has 0 N–H and O–H groups in total. The van der Waals surface area contributed by atoms with Crippen LogP contribution in [0.1, 0.15) is 21.5 Å². The molecule has 1 unspecified atom stereocenters. The van der Waals surface area contributed by atoms with Crippen LogP contribution in [0.5, 0.6) is 0 Å². The third-order valence-corrected chi connectivity index (χ3v) is 3.43. The molecule has 0 radical (unpaired) electrons. The maximum atomic E-state index is 13.1. The van der Waals surface area contributed by atoms with Crippen LogP contribution >= 0.6 is 15.9 Å². The van der Waals surface area contributed by atoms with Crippen molar-refractivity contribution in [3.63, 3.8) is 0 Å². The summed E-state index contributed by atoms with van der Waals surface area (Å²) in [7, 11) is 0. The van der Waals surface area contributed by atoms with Crippen LogP contribution < -0.4 is 0 Å². The van der Waals surface area contributed by atoms with Crippen LogP contribution in [0.4, 0.5) is 17.6 Å². The van der Waals surface area contributed by atoms with Crippen molar-refractivity contribution in [2.24, 2.45) is 0 Å². The molecule has 0 saturated heterocycles. The molecule has 0 spiro atoms. The van der Waals surface area contributed by atoms with Gasteiger partial charge in [-0.2, -0.15) is 8.78 Å². The van der Waals surface area contributed by atoms with Crippen molar-refractivity contribution in [3.8, 4) is 0 Å². The molecule has 16 heavy (non-hydrogen) atoms. The number of aryl methyl sites for hydroxylation is 2. The lowest BCUT2D eigenvalue weighted by Crippen LogP contribution is -2.31. The van der Waals surface area contributed by atoms with Gasteiger partial charge in [0, 0.05) is 0 Å². The number of hydrogen-bond acceptors (Lipinski definition) is 0. The van der Waals surface area contributed by atoms with Crippen molar-refractivity contribution in [2.45, 2.75) is 31.0 Å². The van der Waals surface area contributed by atoms with E-state index in [0.717, 1.165) is 5.56 Å². The van der Waals surface area contributed by atoms with Crippen LogP contribution in [0.2, 0.25) is 0 Å². The number of benzene rings is 1. The van der Waals surface area contributed by atoms with Crippen LogP contribution in [0, 0.1) is 13.8 Å². The summed E-state index contributed by atoms with van der Waals surface area (Å²) < 4.78 is 50.6. The lowest BCUT2D eigenvalue weighted by atomic mass is 10.00. The van der Waals surface area contributed by atoms with Crippen LogP contribution in [0.15, 0.2) is 18.2 Å². The second-order valence-electron chi connectivity index (χ2n) is 3.70. The summed E-state index contributed by atoms with van der Waals surface area (Å²) >= 11 is 2.65.